The second-order valence-electron chi connectivity index (χ2n) is 6.85. The van der Waals surface area contributed by atoms with Gasteiger partial charge in [-0.1, -0.05) is 18.2 Å². The molecule has 0 amide bonds. The molecule has 0 spiro atoms. The lowest BCUT2D eigenvalue weighted by atomic mass is 10.1. The average molecular weight is 444 g/mol. The quantitative estimate of drug-likeness (QED) is 0.242. The molecule has 11 heteroatoms. The SMILES string of the molecule is O=[N+]([O-])c1ccc(N/N=C/c2cn(-c3ccccc3)nc2-c2ccc(O)cc2)c([N+](=O)[O-])c1. The van der Waals surface area contributed by atoms with E-state index in [4.69, 9.17) is 0 Å². The first-order valence-electron chi connectivity index (χ1n) is 9.59. The van der Waals surface area contributed by atoms with Crippen molar-refractivity contribution in [3.63, 3.8) is 0 Å². The van der Waals surface area contributed by atoms with E-state index in [0.717, 1.165) is 23.4 Å². The Balaban J connectivity index is 1.69. The maximum absolute atomic E-state index is 11.3. The Bertz CT molecular complexity index is 1350. The molecule has 1 heterocycles. The number of hydrogen-bond donors (Lipinski definition) is 2. The maximum Gasteiger partial charge on any atom is 0.301 e. The van der Waals surface area contributed by atoms with Crippen LogP contribution in [0.5, 0.6) is 5.75 Å². The minimum absolute atomic E-state index is 0.00323. The fourth-order valence-electron chi connectivity index (χ4n) is 3.09. The van der Waals surface area contributed by atoms with Gasteiger partial charge in [-0.05, 0) is 42.5 Å². The first-order chi connectivity index (χ1) is 15.9. The summed E-state index contributed by atoms with van der Waals surface area (Å²) in [7, 11) is 0. The van der Waals surface area contributed by atoms with Crippen molar-refractivity contribution in [1.29, 1.82) is 0 Å². The fourth-order valence-corrected chi connectivity index (χ4v) is 3.09. The molecule has 1 aromatic heterocycles. The minimum Gasteiger partial charge on any atom is -0.508 e. The normalized spacial score (nSPS) is 10.9. The summed E-state index contributed by atoms with van der Waals surface area (Å²) in [5.41, 5.74) is 4.43. The summed E-state index contributed by atoms with van der Waals surface area (Å²) in [5.74, 6) is 0.114. The highest BCUT2D eigenvalue weighted by atomic mass is 16.6. The zero-order valence-corrected chi connectivity index (χ0v) is 16.9. The lowest BCUT2D eigenvalue weighted by Crippen LogP contribution is -1.98. The Morgan fingerprint density at radius 2 is 1.70 bits per heavy atom. The number of nitro groups is 2. The lowest BCUT2D eigenvalue weighted by molar-refractivity contribution is -0.393. The summed E-state index contributed by atoms with van der Waals surface area (Å²) < 4.78 is 1.66. The Morgan fingerprint density at radius 3 is 2.36 bits per heavy atom. The third-order valence-corrected chi connectivity index (χ3v) is 4.68. The zero-order chi connectivity index (χ0) is 23.4. The van der Waals surface area contributed by atoms with Gasteiger partial charge in [-0.3, -0.25) is 25.7 Å². The van der Waals surface area contributed by atoms with Crippen molar-refractivity contribution in [2.45, 2.75) is 0 Å². The van der Waals surface area contributed by atoms with Crippen molar-refractivity contribution < 1.29 is 15.0 Å². The van der Waals surface area contributed by atoms with Gasteiger partial charge in [0.1, 0.15) is 17.1 Å². The monoisotopic (exact) mass is 444 g/mol. The molecule has 0 aliphatic carbocycles. The van der Waals surface area contributed by atoms with Crippen molar-refractivity contribution in [3.8, 4) is 22.7 Å². The molecule has 4 rings (SSSR count). The highest BCUT2D eigenvalue weighted by Gasteiger charge is 2.19. The van der Waals surface area contributed by atoms with Gasteiger partial charge >= 0.3 is 5.69 Å². The van der Waals surface area contributed by atoms with Crippen molar-refractivity contribution in [1.82, 2.24) is 9.78 Å². The summed E-state index contributed by atoms with van der Waals surface area (Å²) in [4.78, 5) is 20.8. The molecule has 2 N–H and O–H groups in total. The number of rotatable bonds is 7. The molecule has 0 atom stereocenters. The molecular formula is C22H16N6O5. The van der Waals surface area contributed by atoms with E-state index in [1.807, 2.05) is 30.3 Å². The molecule has 0 radical (unpaired) electrons. The molecule has 0 saturated heterocycles. The van der Waals surface area contributed by atoms with E-state index < -0.39 is 21.2 Å². The molecule has 0 unspecified atom stereocenters. The van der Waals surface area contributed by atoms with Crippen LogP contribution in [0.25, 0.3) is 16.9 Å². The first kappa shape index (κ1) is 21.2. The number of aromatic hydroxyl groups is 1. The Kier molecular flexibility index (Phi) is 5.76. The smallest absolute Gasteiger partial charge is 0.301 e. The van der Waals surface area contributed by atoms with E-state index in [9.17, 15) is 25.3 Å². The predicted octanol–water partition coefficient (Wildman–Crippen LogP) is 4.51. The van der Waals surface area contributed by atoms with Crippen LogP contribution in [0.1, 0.15) is 5.56 Å². The van der Waals surface area contributed by atoms with Crippen LogP contribution in [0, 0.1) is 20.2 Å². The van der Waals surface area contributed by atoms with Gasteiger partial charge in [-0.25, -0.2) is 4.68 Å². The average Bonchev–Trinajstić information content (AvgIpc) is 3.24. The molecule has 4 aromatic rings. The predicted molar refractivity (Wildman–Crippen MR) is 122 cm³/mol. The highest BCUT2D eigenvalue weighted by molar-refractivity contribution is 5.89. The first-order valence-corrected chi connectivity index (χ1v) is 9.59. The number of nitrogens with zero attached hydrogens (tertiary/aromatic N) is 5. The van der Waals surface area contributed by atoms with Gasteiger partial charge in [0.25, 0.3) is 5.69 Å². The molecule has 0 aliphatic rings. The number of hydrazone groups is 1. The van der Waals surface area contributed by atoms with E-state index in [1.54, 1.807) is 23.0 Å². The minimum atomic E-state index is -0.722. The number of anilines is 1. The van der Waals surface area contributed by atoms with Gasteiger partial charge < -0.3 is 5.11 Å². The molecule has 11 nitrogen and oxygen atoms in total. The topological polar surface area (TPSA) is 149 Å². The Morgan fingerprint density at radius 1 is 0.970 bits per heavy atom. The van der Waals surface area contributed by atoms with Gasteiger partial charge in [0.2, 0.25) is 0 Å². The van der Waals surface area contributed by atoms with Crippen molar-refractivity contribution >= 4 is 23.3 Å². The van der Waals surface area contributed by atoms with Crippen molar-refractivity contribution in [3.05, 3.63) is 105 Å². The number of para-hydroxylation sites is 1. The van der Waals surface area contributed by atoms with Crippen LogP contribution in [0.4, 0.5) is 17.1 Å². The van der Waals surface area contributed by atoms with Gasteiger partial charge in [0.05, 0.1) is 27.8 Å². The number of benzene rings is 3. The number of nitro benzene ring substituents is 2. The number of phenols is 1. The lowest BCUT2D eigenvalue weighted by Gasteiger charge is -2.02. The number of non-ortho nitro benzene ring substituents is 1. The van der Waals surface area contributed by atoms with E-state index in [2.05, 4.69) is 15.6 Å². The molecular weight excluding hydrogens is 428 g/mol. The second-order valence-corrected chi connectivity index (χ2v) is 6.85. The summed E-state index contributed by atoms with van der Waals surface area (Å²) in [6.45, 7) is 0. The number of hydrogen-bond acceptors (Lipinski definition) is 8. The highest BCUT2D eigenvalue weighted by Crippen LogP contribution is 2.29. The van der Waals surface area contributed by atoms with Crippen LogP contribution in [-0.2, 0) is 0 Å². The Hall–Kier alpha value is -5.06. The van der Waals surface area contributed by atoms with Crippen LogP contribution in [0.2, 0.25) is 0 Å². The molecule has 0 bridgehead atoms. The summed E-state index contributed by atoms with van der Waals surface area (Å²) >= 11 is 0. The second kappa shape index (κ2) is 8.98. The fraction of sp³-hybridized carbons (Fsp3) is 0. The zero-order valence-electron chi connectivity index (χ0n) is 16.9. The summed E-state index contributed by atoms with van der Waals surface area (Å²) in [6.07, 6.45) is 3.19. The number of phenolic OH excluding ortho intramolecular Hbond substituents is 1. The molecule has 0 saturated carbocycles. The van der Waals surface area contributed by atoms with Crippen LogP contribution >= 0.6 is 0 Å². The van der Waals surface area contributed by atoms with E-state index in [0.29, 0.717) is 11.3 Å². The molecule has 33 heavy (non-hydrogen) atoms. The van der Waals surface area contributed by atoms with Crippen molar-refractivity contribution in [2.24, 2.45) is 5.10 Å². The van der Waals surface area contributed by atoms with Crippen LogP contribution in [-0.4, -0.2) is 30.9 Å². The molecule has 3 aromatic carbocycles. The van der Waals surface area contributed by atoms with E-state index in [1.165, 1.54) is 24.4 Å². The number of aromatic nitrogens is 2. The largest absolute Gasteiger partial charge is 0.508 e. The van der Waals surface area contributed by atoms with Crippen LogP contribution in [0.3, 0.4) is 0 Å². The molecule has 0 aliphatic heterocycles. The third-order valence-electron chi connectivity index (χ3n) is 4.68. The van der Waals surface area contributed by atoms with E-state index >= 15 is 0 Å². The van der Waals surface area contributed by atoms with Crippen LogP contribution < -0.4 is 5.43 Å². The van der Waals surface area contributed by atoms with Gasteiger partial charge in [0, 0.05) is 23.4 Å². The van der Waals surface area contributed by atoms with E-state index in [-0.39, 0.29) is 11.4 Å². The summed E-state index contributed by atoms with van der Waals surface area (Å²) in [6, 6.07) is 19.1. The summed E-state index contributed by atoms with van der Waals surface area (Å²) in [5, 5.41) is 40.5. The van der Waals surface area contributed by atoms with Gasteiger partial charge in [-0.2, -0.15) is 10.2 Å². The Labute approximate surface area is 186 Å². The van der Waals surface area contributed by atoms with Gasteiger partial charge in [0.15, 0.2) is 0 Å². The third kappa shape index (κ3) is 4.66. The standard InChI is InChI=1S/C22H16N6O5/c29-19-9-6-15(7-10-19)22-16(14-26(25-22)17-4-2-1-3-5-17)13-23-24-20-11-8-18(27(30)31)12-21(20)28(32)33/h1-14,24,29H/b23-13+. The molecule has 0 fully saturated rings. The van der Waals surface area contributed by atoms with Crippen molar-refractivity contribution in [2.75, 3.05) is 5.43 Å². The molecule has 164 valence electrons. The number of nitrogens with one attached hydrogen (secondary N) is 1. The van der Waals surface area contributed by atoms with Crippen LogP contribution in [0.15, 0.2) is 84.1 Å². The maximum atomic E-state index is 11.3. The van der Waals surface area contributed by atoms with Gasteiger partial charge in [-0.15, -0.1) is 0 Å².